The zero-order chi connectivity index (χ0) is 10.1. The van der Waals surface area contributed by atoms with E-state index >= 15 is 0 Å². The fourth-order valence-corrected chi connectivity index (χ4v) is 2.02. The molecule has 72 valence electrons. The highest BCUT2D eigenvalue weighted by Gasteiger charge is 2.24. The molecule has 1 aliphatic rings. The van der Waals surface area contributed by atoms with Crippen molar-refractivity contribution in [3.05, 3.63) is 28.8 Å². The summed E-state index contributed by atoms with van der Waals surface area (Å²) in [5, 5.41) is 9.05. The van der Waals surface area contributed by atoms with Crippen molar-refractivity contribution in [2.24, 2.45) is 5.73 Å². The summed E-state index contributed by atoms with van der Waals surface area (Å²) in [6, 6.07) is 6.01. The summed E-state index contributed by atoms with van der Waals surface area (Å²) in [5.74, 6) is 0.628. The lowest BCUT2D eigenvalue weighted by Crippen LogP contribution is -2.08. The number of benzene rings is 1. The van der Waals surface area contributed by atoms with Crippen LogP contribution in [0, 0.1) is 11.3 Å². The summed E-state index contributed by atoms with van der Waals surface area (Å²) in [6.45, 7) is 0. The van der Waals surface area contributed by atoms with Crippen LogP contribution in [-0.2, 0) is 6.42 Å². The first-order chi connectivity index (χ1) is 6.77. The Morgan fingerprint density at radius 1 is 1.57 bits per heavy atom. The molecule has 0 unspecified atom stereocenters. The molecule has 1 aromatic rings. The van der Waals surface area contributed by atoms with E-state index in [0.29, 0.717) is 11.3 Å². The Morgan fingerprint density at radius 3 is 3.00 bits per heavy atom. The standard InChI is InChI=1S/C11H12N2O/c1-14-10-5-3-7-2-4-9(13)11(7)8(10)6-12/h3,5,9H,2,4,13H2,1H3/t9-/m1/s1. The normalized spacial score (nSPS) is 18.8. The molecule has 0 spiro atoms. The number of hydrogen-bond acceptors (Lipinski definition) is 3. The summed E-state index contributed by atoms with van der Waals surface area (Å²) in [7, 11) is 1.57. The Hall–Kier alpha value is -1.53. The predicted molar refractivity (Wildman–Crippen MR) is 53.0 cm³/mol. The topological polar surface area (TPSA) is 59.0 Å². The van der Waals surface area contributed by atoms with E-state index in [1.54, 1.807) is 7.11 Å². The lowest BCUT2D eigenvalue weighted by Gasteiger charge is -2.10. The van der Waals surface area contributed by atoms with E-state index in [-0.39, 0.29) is 6.04 Å². The molecule has 1 aliphatic carbocycles. The van der Waals surface area contributed by atoms with Gasteiger partial charge in [-0.1, -0.05) is 6.07 Å². The Bertz CT molecular complexity index is 406. The monoisotopic (exact) mass is 188 g/mol. The molecule has 0 aromatic heterocycles. The van der Waals surface area contributed by atoms with E-state index in [9.17, 15) is 0 Å². The van der Waals surface area contributed by atoms with Gasteiger partial charge in [0.15, 0.2) is 0 Å². The maximum atomic E-state index is 9.05. The van der Waals surface area contributed by atoms with Gasteiger partial charge in [-0.05, 0) is 30.0 Å². The molecule has 14 heavy (non-hydrogen) atoms. The first-order valence-electron chi connectivity index (χ1n) is 4.63. The van der Waals surface area contributed by atoms with Gasteiger partial charge >= 0.3 is 0 Å². The molecule has 0 fully saturated rings. The average molecular weight is 188 g/mol. The van der Waals surface area contributed by atoms with Crippen molar-refractivity contribution in [2.45, 2.75) is 18.9 Å². The third kappa shape index (κ3) is 1.16. The zero-order valence-corrected chi connectivity index (χ0v) is 8.08. The number of rotatable bonds is 1. The van der Waals surface area contributed by atoms with Crippen molar-refractivity contribution < 1.29 is 4.74 Å². The molecule has 0 amide bonds. The molecule has 0 bridgehead atoms. The largest absolute Gasteiger partial charge is 0.495 e. The van der Waals surface area contributed by atoms with Crippen molar-refractivity contribution >= 4 is 0 Å². The van der Waals surface area contributed by atoms with Crippen LogP contribution in [0.25, 0.3) is 0 Å². The van der Waals surface area contributed by atoms with Gasteiger partial charge < -0.3 is 10.5 Å². The second-order valence-corrected chi connectivity index (χ2v) is 3.47. The Morgan fingerprint density at radius 2 is 2.36 bits per heavy atom. The second-order valence-electron chi connectivity index (χ2n) is 3.47. The number of methoxy groups -OCH3 is 1. The molecule has 3 nitrogen and oxygen atoms in total. The maximum absolute atomic E-state index is 9.05. The predicted octanol–water partition coefficient (Wildman–Crippen LogP) is 1.51. The number of hydrogen-bond donors (Lipinski definition) is 1. The van der Waals surface area contributed by atoms with E-state index in [1.807, 2.05) is 12.1 Å². The Labute approximate surface area is 83.1 Å². The third-order valence-corrected chi connectivity index (χ3v) is 2.72. The average Bonchev–Trinajstić information content (AvgIpc) is 2.59. The van der Waals surface area contributed by atoms with E-state index < -0.39 is 0 Å². The van der Waals surface area contributed by atoms with Crippen LogP contribution in [0.15, 0.2) is 12.1 Å². The molecule has 0 saturated heterocycles. The molecular weight excluding hydrogens is 176 g/mol. The van der Waals surface area contributed by atoms with Gasteiger partial charge in [-0.15, -0.1) is 0 Å². The van der Waals surface area contributed by atoms with Crippen LogP contribution >= 0.6 is 0 Å². The van der Waals surface area contributed by atoms with Crippen LogP contribution < -0.4 is 10.5 Å². The van der Waals surface area contributed by atoms with Gasteiger partial charge in [-0.25, -0.2) is 0 Å². The van der Waals surface area contributed by atoms with Gasteiger partial charge in [0.2, 0.25) is 0 Å². The van der Waals surface area contributed by atoms with E-state index in [0.717, 1.165) is 18.4 Å². The van der Waals surface area contributed by atoms with Crippen molar-refractivity contribution in [3.63, 3.8) is 0 Å². The van der Waals surface area contributed by atoms with Crippen molar-refractivity contribution in [2.75, 3.05) is 7.11 Å². The smallest absolute Gasteiger partial charge is 0.136 e. The Balaban J connectivity index is 2.64. The lowest BCUT2D eigenvalue weighted by atomic mass is 10.0. The summed E-state index contributed by atoms with van der Waals surface area (Å²) < 4.78 is 5.13. The van der Waals surface area contributed by atoms with Gasteiger partial charge in [0.05, 0.1) is 12.7 Å². The van der Waals surface area contributed by atoms with Crippen molar-refractivity contribution in [1.29, 1.82) is 5.26 Å². The molecule has 2 N–H and O–H groups in total. The SMILES string of the molecule is COc1ccc2c(c1C#N)[C@H](N)CC2. The fraction of sp³-hybridized carbons (Fsp3) is 0.364. The van der Waals surface area contributed by atoms with Gasteiger partial charge in [0.25, 0.3) is 0 Å². The molecule has 0 saturated carbocycles. The second kappa shape index (κ2) is 3.32. The fourth-order valence-electron chi connectivity index (χ4n) is 2.02. The third-order valence-electron chi connectivity index (χ3n) is 2.72. The van der Waals surface area contributed by atoms with Gasteiger partial charge in [-0.2, -0.15) is 5.26 Å². The van der Waals surface area contributed by atoms with Crippen LogP contribution in [-0.4, -0.2) is 7.11 Å². The molecule has 0 heterocycles. The number of ether oxygens (including phenoxy) is 1. The van der Waals surface area contributed by atoms with E-state index in [2.05, 4.69) is 6.07 Å². The minimum absolute atomic E-state index is 0.00486. The first-order valence-corrected chi connectivity index (χ1v) is 4.63. The van der Waals surface area contributed by atoms with Crippen LogP contribution in [0.2, 0.25) is 0 Å². The quantitative estimate of drug-likeness (QED) is 0.726. The number of aryl methyl sites for hydroxylation is 1. The summed E-state index contributed by atoms with van der Waals surface area (Å²) in [5.41, 5.74) is 8.71. The van der Waals surface area contributed by atoms with Gasteiger partial charge in [0, 0.05) is 6.04 Å². The minimum Gasteiger partial charge on any atom is -0.495 e. The van der Waals surface area contributed by atoms with Gasteiger partial charge in [0.1, 0.15) is 11.8 Å². The molecule has 1 atom stereocenters. The Kier molecular flexibility index (Phi) is 2.14. The minimum atomic E-state index is -0.00486. The van der Waals surface area contributed by atoms with E-state index in [1.165, 1.54) is 5.56 Å². The number of fused-ring (bicyclic) bond motifs is 1. The molecule has 0 aliphatic heterocycles. The summed E-state index contributed by atoms with van der Waals surface area (Å²) in [4.78, 5) is 0. The highest BCUT2D eigenvalue weighted by molar-refractivity contribution is 5.55. The highest BCUT2D eigenvalue weighted by Crippen LogP contribution is 2.36. The van der Waals surface area contributed by atoms with E-state index in [4.69, 9.17) is 15.7 Å². The van der Waals surface area contributed by atoms with Crippen molar-refractivity contribution in [3.8, 4) is 11.8 Å². The summed E-state index contributed by atoms with van der Waals surface area (Å²) in [6.07, 6.45) is 1.90. The van der Waals surface area contributed by atoms with Crippen LogP contribution in [0.3, 0.4) is 0 Å². The number of nitriles is 1. The molecule has 0 radical (unpaired) electrons. The molecule has 2 rings (SSSR count). The summed E-state index contributed by atoms with van der Waals surface area (Å²) >= 11 is 0. The molecule has 1 aromatic carbocycles. The number of nitrogens with zero attached hydrogens (tertiary/aromatic N) is 1. The van der Waals surface area contributed by atoms with Crippen molar-refractivity contribution in [1.82, 2.24) is 0 Å². The van der Waals surface area contributed by atoms with Crippen LogP contribution in [0.4, 0.5) is 0 Å². The lowest BCUT2D eigenvalue weighted by molar-refractivity contribution is 0.412. The molecule has 3 heteroatoms. The number of nitrogens with two attached hydrogens (primary N) is 1. The first kappa shape index (κ1) is 9.04. The molecular formula is C11H12N2O. The zero-order valence-electron chi connectivity index (χ0n) is 8.08. The van der Waals surface area contributed by atoms with Gasteiger partial charge in [-0.3, -0.25) is 0 Å². The van der Waals surface area contributed by atoms with Crippen LogP contribution in [0.1, 0.15) is 29.2 Å². The van der Waals surface area contributed by atoms with Crippen LogP contribution in [0.5, 0.6) is 5.75 Å². The highest BCUT2D eigenvalue weighted by atomic mass is 16.5. The maximum Gasteiger partial charge on any atom is 0.136 e.